The van der Waals surface area contributed by atoms with Crippen LogP contribution >= 0.6 is 0 Å². The number of allylic oxidation sites excluding steroid dienone is 4. The molecule has 5 nitrogen and oxygen atoms in total. The van der Waals surface area contributed by atoms with E-state index in [-0.39, 0.29) is 34.1 Å². The van der Waals surface area contributed by atoms with Crippen molar-refractivity contribution < 1.29 is 19.4 Å². The zero-order valence-corrected chi connectivity index (χ0v) is 23.7. The molecule has 1 aromatic heterocycles. The number of furan rings is 1. The number of benzene rings is 1. The predicted molar refractivity (Wildman–Crippen MR) is 152 cm³/mol. The first kappa shape index (κ1) is 25.3. The summed E-state index contributed by atoms with van der Waals surface area (Å²) in [6.45, 7) is 7.19. The van der Waals surface area contributed by atoms with Gasteiger partial charge in [0.05, 0.1) is 18.0 Å². The summed E-state index contributed by atoms with van der Waals surface area (Å²) in [7, 11) is 0. The molecule has 1 aliphatic heterocycles. The van der Waals surface area contributed by atoms with E-state index in [4.69, 9.17) is 4.42 Å². The van der Waals surface area contributed by atoms with Crippen LogP contribution in [-0.2, 0) is 13.1 Å². The molecular formula is C35H41NO4. The third kappa shape index (κ3) is 2.97. The van der Waals surface area contributed by atoms with Gasteiger partial charge >= 0.3 is 0 Å². The summed E-state index contributed by atoms with van der Waals surface area (Å²) >= 11 is 0. The molecule has 9 rings (SSSR count). The summed E-state index contributed by atoms with van der Waals surface area (Å²) in [5, 5.41) is 23.5. The van der Waals surface area contributed by atoms with Crippen LogP contribution in [-0.4, -0.2) is 39.1 Å². The largest absolute Gasteiger partial charge is 0.461 e. The van der Waals surface area contributed by atoms with Crippen molar-refractivity contribution in [2.24, 2.45) is 33.5 Å². The third-order valence-corrected chi connectivity index (χ3v) is 13.1. The second-order valence-electron chi connectivity index (χ2n) is 14.5. The van der Waals surface area contributed by atoms with Crippen molar-refractivity contribution in [1.82, 2.24) is 4.90 Å². The lowest BCUT2D eigenvalue weighted by Crippen LogP contribution is -2.67. The highest BCUT2D eigenvalue weighted by Crippen LogP contribution is 2.78. The van der Waals surface area contributed by atoms with Crippen LogP contribution in [0.4, 0.5) is 0 Å². The second-order valence-corrected chi connectivity index (χ2v) is 14.5. The summed E-state index contributed by atoms with van der Waals surface area (Å²) in [5.41, 5.74) is 1.69. The molecule has 3 saturated carbocycles. The number of aliphatic hydroxyl groups excluding tert-OH is 1. The predicted octanol–water partition coefficient (Wildman–Crippen LogP) is 6.07. The maximum absolute atomic E-state index is 14.3. The molecule has 1 unspecified atom stereocenters. The van der Waals surface area contributed by atoms with Crippen molar-refractivity contribution in [1.29, 1.82) is 0 Å². The number of β-amino-alcohol motifs (C(OH)–C–C–N with tert-alkyl or cyclic N) is 1. The lowest BCUT2D eigenvalue weighted by Gasteiger charge is -2.71. The minimum absolute atomic E-state index is 0.0180. The van der Waals surface area contributed by atoms with Crippen LogP contribution in [0.5, 0.6) is 0 Å². The summed E-state index contributed by atoms with van der Waals surface area (Å²) in [5.74, 6) is 0.839. The molecule has 210 valence electrons. The molecule has 5 heteroatoms. The van der Waals surface area contributed by atoms with Gasteiger partial charge in [-0.15, -0.1) is 0 Å². The lowest BCUT2D eigenvalue weighted by atomic mass is 9.32. The first-order chi connectivity index (χ1) is 19.1. The molecule has 3 fully saturated rings. The number of carbonyl (C=O) groups excluding carboxylic acids is 1. The molecule has 2 spiro atoms. The number of carbonyl (C=O) groups is 1. The van der Waals surface area contributed by atoms with Crippen molar-refractivity contribution in [3.8, 4) is 0 Å². The topological polar surface area (TPSA) is 73.9 Å². The number of Topliss-reactive ketones (excluding diaryl/α,β-unsaturated/α-hetero) is 1. The number of rotatable bonds is 4. The Kier molecular flexibility index (Phi) is 5.10. The van der Waals surface area contributed by atoms with Gasteiger partial charge in [0, 0.05) is 41.5 Å². The Hall–Kier alpha value is -2.47. The van der Waals surface area contributed by atoms with Crippen molar-refractivity contribution in [3.63, 3.8) is 0 Å². The Morgan fingerprint density at radius 1 is 0.950 bits per heavy atom. The van der Waals surface area contributed by atoms with Crippen LogP contribution in [0, 0.1) is 33.5 Å². The van der Waals surface area contributed by atoms with Crippen LogP contribution < -0.4 is 0 Å². The Labute approximate surface area is 237 Å². The van der Waals surface area contributed by atoms with E-state index in [9.17, 15) is 15.0 Å². The highest BCUT2D eigenvalue weighted by molar-refractivity contribution is 6.08. The second kappa shape index (κ2) is 8.08. The maximum Gasteiger partial charge on any atom is 0.224 e. The molecule has 2 bridgehead atoms. The lowest BCUT2D eigenvalue weighted by molar-refractivity contribution is -0.176. The Morgan fingerprint density at radius 3 is 2.38 bits per heavy atom. The number of fused-ring (bicyclic) bond motifs is 2. The molecule has 0 saturated heterocycles. The van der Waals surface area contributed by atoms with Crippen LogP contribution in [0.15, 0.2) is 70.9 Å². The average Bonchev–Trinajstić information content (AvgIpc) is 3.66. The van der Waals surface area contributed by atoms with Gasteiger partial charge in [-0.25, -0.2) is 0 Å². The molecular weight excluding hydrogens is 498 g/mol. The van der Waals surface area contributed by atoms with Gasteiger partial charge in [-0.1, -0.05) is 56.3 Å². The van der Waals surface area contributed by atoms with Crippen molar-refractivity contribution in [3.05, 3.63) is 83.3 Å². The summed E-state index contributed by atoms with van der Waals surface area (Å²) < 4.78 is 5.69. The first-order valence-electron chi connectivity index (χ1n) is 15.4. The number of hydrogen-bond donors (Lipinski definition) is 2. The summed E-state index contributed by atoms with van der Waals surface area (Å²) in [6.07, 6.45) is 14.3. The van der Waals surface area contributed by atoms with Gasteiger partial charge < -0.3 is 14.6 Å². The molecule has 2 N–H and O–H groups in total. The number of nitrogens with zero attached hydrogens (tertiary/aromatic N) is 1. The zero-order valence-electron chi connectivity index (χ0n) is 23.7. The number of ketones is 1. The van der Waals surface area contributed by atoms with E-state index < -0.39 is 11.0 Å². The minimum Gasteiger partial charge on any atom is -0.461 e. The van der Waals surface area contributed by atoms with Gasteiger partial charge in [-0.05, 0) is 85.5 Å². The van der Waals surface area contributed by atoms with E-state index in [1.54, 1.807) is 18.4 Å². The minimum atomic E-state index is -0.818. The third-order valence-electron chi connectivity index (χ3n) is 13.1. The fourth-order valence-corrected chi connectivity index (χ4v) is 11.0. The standard InChI is InChI=1S/C35H41NO4/c1-31-12-9-25(37)18-33(31)15-16-35(26(19-33)30(38)27-8-5-17-40-27)28(31)10-13-32(2)29(35)11-14-34(32,39)22-36-20-23-6-3-4-7-24(23)21-36/h3-8,15-17,19,25,28-29,37,39H,9-14,18,20-22H2,1-2H3/t25?,28-,29-,31-,32+,33+,34-,35-/m1/s1. The fourth-order valence-electron chi connectivity index (χ4n) is 11.0. The quantitative estimate of drug-likeness (QED) is 0.365. The molecule has 40 heavy (non-hydrogen) atoms. The number of hydrogen-bond acceptors (Lipinski definition) is 5. The van der Waals surface area contributed by atoms with Gasteiger partial charge in [0.2, 0.25) is 5.78 Å². The Balaban J connectivity index is 1.22. The van der Waals surface area contributed by atoms with E-state index in [0.717, 1.165) is 57.2 Å². The molecule has 0 radical (unpaired) electrons. The summed E-state index contributed by atoms with van der Waals surface area (Å²) in [4.78, 5) is 16.7. The average molecular weight is 540 g/mol. The van der Waals surface area contributed by atoms with Crippen molar-refractivity contribution in [2.75, 3.05) is 6.54 Å². The van der Waals surface area contributed by atoms with Gasteiger partial charge in [-0.3, -0.25) is 9.69 Å². The van der Waals surface area contributed by atoms with E-state index in [0.29, 0.717) is 24.6 Å². The molecule has 7 aliphatic rings. The van der Waals surface area contributed by atoms with E-state index in [2.05, 4.69) is 61.2 Å². The highest BCUT2D eigenvalue weighted by atomic mass is 16.3. The van der Waals surface area contributed by atoms with Crippen molar-refractivity contribution >= 4 is 5.78 Å². The molecule has 1 aromatic carbocycles. The van der Waals surface area contributed by atoms with Gasteiger partial charge in [-0.2, -0.15) is 0 Å². The SMILES string of the molecule is C[C@]12CC[C@H]3[C@]4(C=C[C@@]5(C=C4C(=O)c4ccco4)CC(O)CC[C@]35C)[C@@H]1CC[C@@]2(O)CN1Cc2ccccc2C1. The summed E-state index contributed by atoms with van der Waals surface area (Å²) in [6, 6.07) is 12.2. The fraction of sp³-hybridized carbons (Fsp3) is 0.571. The van der Waals surface area contributed by atoms with Gasteiger partial charge in [0.1, 0.15) is 0 Å². The molecule has 8 atom stereocenters. The Morgan fingerprint density at radius 2 is 1.65 bits per heavy atom. The Bertz CT molecular complexity index is 1420. The smallest absolute Gasteiger partial charge is 0.224 e. The van der Waals surface area contributed by atoms with Crippen LogP contribution in [0.1, 0.15) is 80.5 Å². The maximum atomic E-state index is 14.3. The monoisotopic (exact) mass is 539 g/mol. The molecule has 6 aliphatic carbocycles. The van der Waals surface area contributed by atoms with E-state index >= 15 is 0 Å². The van der Waals surface area contributed by atoms with Crippen LogP contribution in [0.25, 0.3) is 0 Å². The normalized spacial score (nSPS) is 45.0. The van der Waals surface area contributed by atoms with Gasteiger partial charge in [0.25, 0.3) is 0 Å². The van der Waals surface area contributed by atoms with Gasteiger partial charge in [0.15, 0.2) is 5.76 Å². The highest BCUT2D eigenvalue weighted by Gasteiger charge is 2.74. The van der Waals surface area contributed by atoms with E-state index in [1.807, 2.05) is 0 Å². The molecule has 0 amide bonds. The van der Waals surface area contributed by atoms with Crippen molar-refractivity contribution in [2.45, 2.75) is 83.6 Å². The first-order valence-corrected chi connectivity index (χ1v) is 15.4. The number of aliphatic hydroxyl groups is 2. The van der Waals surface area contributed by atoms with E-state index in [1.165, 1.54) is 11.1 Å². The zero-order chi connectivity index (χ0) is 27.5. The van der Waals surface area contributed by atoms with Crippen LogP contribution in [0.2, 0.25) is 0 Å². The molecule has 2 aromatic rings. The van der Waals surface area contributed by atoms with Crippen LogP contribution in [0.3, 0.4) is 0 Å². The molecule has 2 heterocycles.